The van der Waals surface area contributed by atoms with Gasteiger partial charge in [-0.15, -0.1) is 11.3 Å². The molecule has 1 aromatic rings. The minimum absolute atomic E-state index is 0.221. The van der Waals surface area contributed by atoms with E-state index in [0.717, 1.165) is 0 Å². The van der Waals surface area contributed by atoms with Crippen LogP contribution in [0.4, 0.5) is 0 Å². The molecule has 0 fully saturated rings. The maximum atomic E-state index is 11.2. The van der Waals surface area contributed by atoms with Gasteiger partial charge in [0, 0.05) is 23.2 Å². The van der Waals surface area contributed by atoms with Gasteiger partial charge in [-0.1, -0.05) is 13.0 Å². The highest BCUT2D eigenvalue weighted by atomic mass is 32.2. The maximum absolute atomic E-state index is 11.2. The van der Waals surface area contributed by atoms with E-state index >= 15 is 0 Å². The van der Waals surface area contributed by atoms with Crippen LogP contribution in [0.1, 0.15) is 24.8 Å². The van der Waals surface area contributed by atoms with E-state index < -0.39 is 9.84 Å². The second-order valence-corrected chi connectivity index (χ2v) is 6.88. The summed E-state index contributed by atoms with van der Waals surface area (Å²) in [6.45, 7) is 4.25. The molecule has 0 amide bonds. The van der Waals surface area contributed by atoms with Gasteiger partial charge in [0.1, 0.15) is 0 Å². The first-order chi connectivity index (χ1) is 7.05. The van der Waals surface area contributed by atoms with Crippen molar-refractivity contribution in [2.24, 2.45) is 0 Å². The third-order valence-corrected chi connectivity index (χ3v) is 5.03. The molecular formula is C10H17NO2S2. The zero-order valence-electron chi connectivity index (χ0n) is 9.06. The van der Waals surface area contributed by atoms with Gasteiger partial charge in [0.25, 0.3) is 0 Å². The van der Waals surface area contributed by atoms with Gasteiger partial charge in [-0.3, -0.25) is 0 Å². The van der Waals surface area contributed by atoms with Gasteiger partial charge in [-0.05, 0) is 18.4 Å². The van der Waals surface area contributed by atoms with E-state index in [4.69, 9.17) is 0 Å². The smallest absolute Gasteiger partial charge is 0.151 e. The molecular weight excluding hydrogens is 230 g/mol. The summed E-state index contributed by atoms with van der Waals surface area (Å²) in [7, 11) is -2.84. The SMILES string of the molecule is CCS(=O)(=O)CCN[C@H](C)c1cccs1. The summed E-state index contributed by atoms with van der Waals surface area (Å²) in [4.78, 5) is 1.24. The molecule has 1 rings (SSSR count). The molecule has 15 heavy (non-hydrogen) atoms. The van der Waals surface area contributed by atoms with Crippen molar-refractivity contribution in [2.45, 2.75) is 19.9 Å². The molecule has 1 heterocycles. The molecule has 0 saturated heterocycles. The molecule has 0 aromatic carbocycles. The number of nitrogens with one attached hydrogen (secondary N) is 1. The Morgan fingerprint density at radius 1 is 1.53 bits per heavy atom. The van der Waals surface area contributed by atoms with E-state index in [1.165, 1.54) is 4.88 Å². The largest absolute Gasteiger partial charge is 0.308 e. The van der Waals surface area contributed by atoms with E-state index in [2.05, 4.69) is 11.4 Å². The number of thiophene rings is 1. The van der Waals surface area contributed by atoms with E-state index in [1.807, 2.05) is 18.4 Å². The first kappa shape index (κ1) is 12.7. The zero-order chi connectivity index (χ0) is 11.3. The Morgan fingerprint density at radius 2 is 2.27 bits per heavy atom. The number of hydrogen-bond acceptors (Lipinski definition) is 4. The Hall–Kier alpha value is -0.390. The lowest BCUT2D eigenvalue weighted by Crippen LogP contribution is -2.25. The number of hydrogen-bond donors (Lipinski definition) is 1. The van der Waals surface area contributed by atoms with Crippen LogP contribution >= 0.6 is 11.3 Å². The molecule has 0 aliphatic heterocycles. The Bertz CT molecular complexity index is 370. The van der Waals surface area contributed by atoms with Crippen molar-refractivity contribution in [1.29, 1.82) is 0 Å². The van der Waals surface area contributed by atoms with Crippen molar-refractivity contribution in [3.8, 4) is 0 Å². The van der Waals surface area contributed by atoms with Crippen LogP contribution in [-0.4, -0.2) is 26.5 Å². The summed E-state index contributed by atoms with van der Waals surface area (Å²) in [6, 6.07) is 4.29. The van der Waals surface area contributed by atoms with E-state index in [9.17, 15) is 8.42 Å². The fourth-order valence-electron chi connectivity index (χ4n) is 1.21. The van der Waals surface area contributed by atoms with Gasteiger partial charge in [0.05, 0.1) is 5.75 Å². The third kappa shape index (κ3) is 4.32. The monoisotopic (exact) mass is 247 g/mol. The van der Waals surface area contributed by atoms with Crippen LogP contribution < -0.4 is 5.32 Å². The zero-order valence-corrected chi connectivity index (χ0v) is 10.7. The van der Waals surface area contributed by atoms with Crippen LogP contribution in [0.5, 0.6) is 0 Å². The molecule has 0 aliphatic carbocycles. The van der Waals surface area contributed by atoms with E-state index in [-0.39, 0.29) is 17.5 Å². The first-order valence-corrected chi connectivity index (χ1v) is 7.72. The second kappa shape index (κ2) is 5.63. The Kier molecular flexibility index (Phi) is 4.76. The molecule has 1 aromatic heterocycles. The molecule has 5 heteroatoms. The van der Waals surface area contributed by atoms with Crippen LogP contribution in [0, 0.1) is 0 Å². The average molecular weight is 247 g/mol. The molecule has 86 valence electrons. The summed E-state index contributed by atoms with van der Waals surface area (Å²) in [6.07, 6.45) is 0. The maximum Gasteiger partial charge on any atom is 0.151 e. The van der Waals surface area contributed by atoms with Gasteiger partial charge in [0.2, 0.25) is 0 Å². The van der Waals surface area contributed by atoms with Crippen molar-refractivity contribution in [1.82, 2.24) is 5.32 Å². The normalized spacial score (nSPS) is 14.0. The minimum atomic E-state index is -2.84. The minimum Gasteiger partial charge on any atom is -0.308 e. The van der Waals surface area contributed by atoms with Crippen LogP contribution in [0.25, 0.3) is 0 Å². The van der Waals surface area contributed by atoms with Crippen LogP contribution in [0.3, 0.4) is 0 Å². The summed E-state index contributed by atoms with van der Waals surface area (Å²) >= 11 is 1.68. The van der Waals surface area contributed by atoms with Gasteiger partial charge in [0.15, 0.2) is 9.84 Å². The van der Waals surface area contributed by atoms with Crippen molar-refractivity contribution in [2.75, 3.05) is 18.1 Å². The van der Waals surface area contributed by atoms with Crippen LogP contribution in [0.2, 0.25) is 0 Å². The van der Waals surface area contributed by atoms with Crippen LogP contribution in [-0.2, 0) is 9.84 Å². The van der Waals surface area contributed by atoms with E-state index in [1.54, 1.807) is 18.3 Å². The standard InChI is InChI=1S/C10H17NO2S2/c1-3-15(12,13)8-6-11-9(2)10-5-4-7-14-10/h4-5,7,9,11H,3,6,8H2,1-2H3/t9-/m1/s1. The highest BCUT2D eigenvalue weighted by molar-refractivity contribution is 7.91. The fraction of sp³-hybridized carbons (Fsp3) is 0.600. The summed E-state index contributed by atoms with van der Waals surface area (Å²) in [5.41, 5.74) is 0. The fourth-order valence-corrected chi connectivity index (χ4v) is 2.69. The Morgan fingerprint density at radius 3 is 2.80 bits per heavy atom. The second-order valence-electron chi connectivity index (χ2n) is 3.43. The average Bonchev–Trinajstić information content (AvgIpc) is 2.70. The topological polar surface area (TPSA) is 46.2 Å². The van der Waals surface area contributed by atoms with Crippen molar-refractivity contribution in [3.05, 3.63) is 22.4 Å². The van der Waals surface area contributed by atoms with Crippen molar-refractivity contribution >= 4 is 21.2 Å². The lowest BCUT2D eigenvalue weighted by Gasteiger charge is -2.11. The van der Waals surface area contributed by atoms with Crippen molar-refractivity contribution in [3.63, 3.8) is 0 Å². The summed E-state index contributed by atoms with van der Waals surface area (Å²) in [5.74, 6) is 0.446. The quantitative estimate of drug-likeness (QED) is 0.834. The third-order valence-electron chi connectivity index (χ3n) is 2.27. The molecule has 0 bridgehead atoms. The van der Waals surface area contributed by atoms with Crippen molar-refractivity contribution < 1.29 is 8.42 Å². The highest BCUT2D eigenvalue weighted by Crippen LogP contribution is 2.17. The lowest BCUT2D eigenvalue weighted by atomic mass is 10.3. The Balaban J connectivity index is 2.33. The molecule has 0 saturated carbocycles. The van der Waals surface area contributed by atoms with Gasteiger partial charge in [-0.25, -0.2) is 8.42 Å². The molecule has 0 unspecified atom stereocenters. The predicted molar refractivity (Wildman–Crippen MR) is 65.1 cm³/mol. The molecule has 0 aliphatic rings. The number of sulfone groups is 1. The highest BCUT2D eigenvalue weighted by Gasteiger charge is 2.09. The van der Waals surface area contributed by atoms with Gasteiger partial charge >= 0.3 is 0 Å². The summed E-state index contributed by atoms with van der Waals surface area (Å²) < 4.78 is 22.5. The first-order valence-electron chi connectivity index (χ1n) is 5.02. The van der Waals surface area contributed by atoms with E-state index in [0.29, 0.717) is 6.54 Å². The summed E-state index contributed by atoms with van der Waals surface area (Å²) in [5, 5.41) is 5.23. The number of rotatable bonds is 6. The van der Waals surface area contributed by atoms with Gasteiger partial charge < -0.3 is 5.32 Å². The lowest BCUT2D eigenvalue weighted by molar-refractivity contribution is 0.576. The van der Waals surface area contributed by atoms with Crippen LogP contribution in [0.15, 0.2) is 17.5 Å². The molecule has 3 nitrogen and oxygen atoms in total. The van der Waals surface area contributed by atoms with Gasteiger partial charge in [-0.2, -0.15) is 0 Å². The molecule has 0 spiro atoms. The Labute approximate surface area is 95.4 Å². The predicted octanol–water partition coefficient (Wildman–Crippen LogP) is 1.83. The molecule has 1 atom stereocenters. The molecule has 1 N–H and O–H groups in total. The molecule has 0 radical (unpaired) electrons.